The Hall–Kier alpha value is 0.172. The first kappa shape index (κ1) is 80.2. The summed E-state index contributed by atoms with van der Waals surface area (Å²) in [5.74, 6) is 0. The van der Waals surface area contributed by atoms with Crippen LogP contribution in [0, 0.1) is 0 Å². The van der Waals surface area contributed by atoms with Gasteiger partial charge in [0, 0.05) is 0 Å². The van der Waals surface area contributed by atoms with E-state index in [0.29, 0.717) is 0 Å². The number of hydrogen-bond donors (Lipinski definition) is 0. The topological polar surface area (TPSA) is 254 Å². The average Bonchev–Trinajstić information content (AvgIpc) is 1.92. The van der Waals surface area contributed by atoms with Crippen molar-refractivity contribution in [1.29, 1.82) is 0 Å². The van der Waals surface area contributed by atoms with Gasteiger partial charge in [0.15, 0.2) is 0 Å². The normalized spacial score (nSPS) is 1.78. The Bertz CT molecular complexity index is 154. The van der Waals surface area contributed by atoms with Crippen LogP contribution in [0.5, 0.6) is 0 Å². The van der Waals surface area contributed by atoms with Crippen LogP contribution >= 0.6 is 0 Å². The molecule has 12 nitrogen and oxygen atoms in total. The zero-order valence-electron chi connectivity index (χ0n) is 8.15. The third-order valence-electron chi connectivity index (χ3n) is 0. The van der Waals surface area contributed by atoms with E-state index in [-0.39, 0.29) is 56.6 Å². The van der Waals surface area contributed by atoms with E-state index in [1.54, 1.807) is 0 Å². The van der Waals surface area contributed by atoms with Gasteiger partial charge in [-0.3, -0.25) is 35.7 Å². The van der Waals surface area contributed by atoms with Gasteiger partial charge in [-0.15, -0.1) is 0 Å². The molecular formula is H2Al2O12Si4. The van der Waals surface area contributed by atoms with E-state index in [1.165, 1.54) is 0 Å². The Morgan fingerprint density at radius 2 is 0.389 bits per heavy atom. The van der Waals surface area contributed by atoms with E-state index in [0.717, 1.165) is 0 Å². The van der Waals surface area contributed by atoms with Crippen LogP contribution in [-0.4, -0.2) is 77.4 Å². The molecule has 0 heterocycles. The first-order chi connectivity index (χ1) is 5.66. The molecule has 0 fully saturated rings. The Kier molecular flexibility index (Phi) is 1150. The summed E-state index contributed by atoms with van der Waals surface area (Å²) in [6, 6.07) is 0. The number of hydrogen-bond acceptors (Lipinski definition) is 8. The van der Waals surface area contributed by atoms with Crippen molar-refractivity contribution >= 4 is 71.9 Å². The van der Waals surface area contributed by atoms with Crippen molar-refractivity contribution in [3.63, 3.8) is 0 Å². The maximum atomic E-state index is 8.40. The molecule has 0 saturated carbocycles. The van der Waals surface area contributed by atoms with Crippen LogP contribution in [0.1, 0.15) is 0 Å². The molecule has 0 aliphatic heterocycles. The largest absolute Gasteiger partial charge is 3.00 e. The molecule has 96 valence electrons. The first-order valence-electron chi connectivity index (χ1n) is 1.63. The van der Waals surface area contributed by atoms with E-state index in [1.807, 2.05) is 0 Å². The molecule has 0 aromatic carbocycles. The van der Waals surface area contributed by atoms with Crippen LogP contribution < -0.4 is 0 Å². The van der Waals surface area contributed by atoms with Gasteiger partial charge in [-0.1, -0.05) is 0 Å². The molecule has 0 saturated heterocycles. The molecule has 0 atom stereocenters. The minimum atomic E-state index is -1.42. The summed E-state index contributed by atoms with van der Waals surface area (Å²) < 4.78 is 67.2. The average molecular weight is 360 g/mol. The van der Waals surface area contributed by atoms with Crippen molar-refractivity contribution in [2.45, 2.75) is 0 Å². The van der Waals surface area contributed by atoms with Gasteiger partial charge in [-0.05, 0) is 0 Å². The molecule has 0 aliphatic carbocycles. The van der Waals surface area contributed by atoms with E-state index >= 15 is 0 Å². The molecule has 0 aliphatic rings. The van der Waals surface area contributed by atoms with Gasteiger partial charge in [0.25, 0.3) is 0 Å². The third-order valence-corrected chi connectivity index (χ3v) is 0. The quantitative estimate of drug-likeness (QED) is 0.380. The van der Waals surface area contributed by atoms with Gasteiger partial charge < -0.3 is 21.9 Å². The van der Waals surface area contributed by atoms with Gasteiger partial charge in [-0.2, -0.15) is 0 Å². The first-order valence-corrected chi connectivity index (χ1v) is 4.90. The molecule has 0 spiro atoms. The summed E-state index contributed by atoms with van der Waals surface area (Å²) in [5.41, 5.74) is 0. The molecule has 0 radical (unpaired) electrons. The summed E-state index contributed by atoms with van der Waals surface area (Å²) >= 11 is 0. The second kappa shape index (κ2) is 258. The Morgan fingerprint density at radius 1 is 0.389 bits per heavy atom. The molecule has 2 N–H and O–H groups in total. The molecular weight excluding hydrogens is 358 g/mol. The Labute approximate surface area is 129 Å². The molecule has 0 rings (SSSR count). The second-order valence-electron chi connectivity index (χ2n) is 0.333. The van der Waals surface area contributed by atoms with Crippen molar-refractivity contribution in [2.24, 2.45) is 0 Å². The van der Waals surface area contributed by atoms with Crippen LogP contribution in [0.2, 0.25) is 0 Å². The fourth-order valence-electron chi connectivity index (χ4n) is 0. The van der Waals surface area contributed by atoms with Crippen LogP contribution in [0.25, 0.3) is 0 Å². The van der Waals surface area contributed by atoms with Crippen molar-refractivity contribution in [3.8, 4) is 0 Å². The minimum Gasteiger partial charge on any atom is -2.00 e. The fraction of sp³-hybridized carbons (Fsp3) is 0. The summed E-state index contributed by atoms with van der Waals surface area (Å²) in [6.07, 6.45) is 0. The van der Waals surface area contributed by atoms with E-state index in [9.17, 15) is 0 Å². The Morgan fingerprint density at radius 3 is 0.389 bits per heavy atom. The summed E-state index contributed by atoms with van der Waals surface area (Å²) in [4.78, 5) is 0. The standard InChI is InChI=1S/2Al.4O2Si.H2O.3O/c;;4*1-3-2;;;;/h;;;;;;1H2;;;/q2*+3;;;;;;3*-2. The molecule has 0 bridgehead atoms. The summed E-state index contributed by atoms with van der Waals surface area (Å²) in [6.45, 7) is 0. The van der Waals surface area contributed by atoms with Crippen molar-refractivity contribution in [1.82, 2.24) is 0 Å². The van der Waals surface area contributed by atoms with Gasteiger partial charge in [-0.25, -0.2) is 0 Å². The van der Waals surface area contributed by atoms with Crippen molar-refractivity contribution < 1.29 is 57.6 Å². The zero-order valence-corrected chi connectivity index (χ0v) is 14.5. The third kappa shape index (κ3) is 125000. The fourth-order valence-corrected chi connectivity index (χ4v) is 0. The molecule has 0 aromatic heterocycles. The summed E-state index contributed by atoms with van der Waals surface area (Å²) in [5, 5.41) is 0. The van der Waals surface area contributed by atoms with Crippen molar-refractivity contribution in [3.05, 3.63) is 0 Å². The van der Waals surface area contributed by atoms with Crippen LogP contribution in [0.3, 0.4) is 0 Å². The van der Waals surface area contributed by atoms with Crippen molar-refractivity contribution in [2.75, 3.05) is 0 Å². The predicted octanol–water partition coefficient (Wildman–Crippen LogP) is -4.42. The van der Waals surface area contributed by atoms with Gasteiger partial charge in [0.1, 0.15) is 0 Å². The number of rotatable bonds is 0. The predicted molar refractivity (Wildman–Crippen MR) is 45.7 cm³/mol. The minimum absolute atomic E-state index is 0. The summed E-state index contributed by atoms with van der Waals surface area (Å²) in [7, 11) is -5.67. The van der Waals surface area contributed by atoms with Crippen LogP contribution in [0.15, 0.2) is 0 Å². The maximum Gasteiger partial charge on any atom is 3.00 e. The molecule has 0 unspecified atom stereocenters. The zero-order chi connectivity index (χ0) is 10.8. The van der Waals surface area contributed by atoms with E-state index in [2.05, 4.69) is 0 Å². The molecule has 18 heteroatoms. The molecule has 18 heavy (non-hydrogen) atoms. The molecule has 0 amide bonds. The van der Waals surface area contributed by atoms with Gasteiger partial charge in [0.2, 0.25) is 0 Å². The smallest absolute Gasteiger partial charge is 2.00 e. The second-order valence-corrected chi connectivity index (χ2v) is 1.00. The molecule has 0 aromatic rings. The van der Waals surface area contributed by atoms with Gasteiger partial charge >= 0.3 is 71.9 Å². The van der Waals surface area contributed by atoms with Gasteiger partial charge in [0.05, 0.1) is 0 Å². The monoisotopic (exact) mass is 360 g/mol. The van der Waals surface area contributed by atoms with E-state index < -0.39 is 37.2 Å². The maximum absolute atomic E-state index is 8.40. The van der Waals surface area contributed by atoms with E-state index in [4.69, 9.17) is 35.7 Å². The SMILES string of the molecule is O.O=[Si]=O.O=[Si]=O.O=[Si]=O.O=[Si]=O.[Al+3].[Al+3].[O-2].[O-2].[O-2]. The Balaban J connectivity index is -0.00000000533. The van der Waals surface area contributed by atoms with Crippen LogP contribution in [-0.2, 0) is 52.1 Å². The van der Waals surface area contributed by atoms with Crippen LogP contribution in [0.4, 0.5) is 0 Å².